The van der Waals surface area contributed by atoms with Crippen molar-refractivity contribution in [1.29, 1.82) is 0 Å². The van der Waals surface area contributed by atoms with Gasteiger partial charge in [-0.3, -0.25) is 9.59 Å². The molecule has 2 amide bonds. The van der Waals surface area contributed by atoms with Gasteiger partial charge in [-0.2, -0.15) is 5.10 Å². The third-order valence-corrected chi connectivity index (χ3v) is 4.82. The molecule has 0 aliphatic rings. The van der Waals surface area contributed by atoms with E-state index >= 15 is 0 Å². The first kappa shape index (κ1) is 23.7. The largest absolute Gasteiger partial charge is 0.490 e. The minimum absolute atomic E-state index is 0.0102. The highest BCUT2D eigenvalue weighted by atomic mass is 35.5. The van der Waals surface area contributed by atoms with Crippen LogP contribution in [0.3, 0.4) is 0 Å². The lowest BCUT2D eigenvalue weighted by Gasteiger charge is -2.20. The van der Waals surface area contributed by atoms with Crippen molar-refractivity contribution in [2.45, 2.75) is 39.8 Å². The average molecular weight is 450 g/mol. The first-order valence-corrected chi connectivity index (χ1v) is 10.3. The van der Waals surface area contributed by atoms with Crippen LogP contribution in [-0.2, 0) is 4.79 Å². The molecule has 2 aromatic rings. The van der Waals surface area contributed by atoms with E-state index in [1.807, 2.05) is 52.0 Å². The second-order valence-corrected chi connectivity index (χ2v) is 8.08. The molecule has 2 rings (SSSR count). The maximum absolute atomic E-state index is 12.6. The van der Waals surface area contributed by atoms with Crippen LogP contribution in [0.2, 0.25) is 10.0 Å². The average Bonchev–Trinajstić information content (AvgIpc) is 2.68. The molecule has 2 N–H and O–H groups in total. The molecule has 1 unspecified atom stereocenters. The molecule has 0 radical (unpaired) electrons. The molecular formula is C22H25Cl2N3O3. The molecule has 0 saturated carbocycles. The van der Waals surface area contributed by atoms with Crippen LogP contribution in [0, 0.1) is 5.92 Å². The van der Waals surface area contributed by atoms with Gasteiger partial charge in [0.15, 0.2) is 0 Å². The number of hydrogen-bond acceptors (Lipinski definition) is 4. The van der Waals surface area contributed by atoms with Gasteiger partial charge in [0.05, 0.1) is 22.4 Å². The molecule has 0 bridgehead atoms. The minimum atomic E-state index is -0.786. The molecular weight excluding hydrogens is 425 g/mol. The number of carbonyl (C=O) groups excluding carboxylic acids is 2. The first-order valence-electron chi connectivity index (χ1n) is 9.53. The van der Waals surface area contributed by atoms with E-state index in [2.05, 4.69) is 15.8 Å². The fraction of sp³-hybridized carbons (Fsp3) is 0.318. The van der Waals surface area contributed by atoms with E-state index in [4.69, 9.17) is 27.9 Å². The van der Waals surface area contributed by atoms with E-state index < -0.39 is 17.9 Å². The molecule has 0 spiro atoms. The molecule has 2 aromatic carbocycles. The summed E-state index contributed by atoms with van der Waals surface area (Å²) in [6, 6.07) is 11.1. The summed E-state index contributed by atoms with van der Waals surface area (Å²) in [7, 11) is 0. The third kappa shape index (κ3) is 6.75. The maximum Gasteiger partial charge on any atom is 0.262 e. The van der Waals surface area contributed by atoms with Crippen molar-refractivity contribution in [2.24, 2.45) is 11.0 Å². The number of para-hydroxylation sites is 1. The Morgan fingerprint density at radius 1 is 1.03 bits per heavy atom. The van der Waals surface area contributed by atoms with E-state index in [-0.39, 0.29) is 17.0 Å². The van der Waals surface area contributed by atoms with Crippen molar-refractivity contribution in [3.8, 4) is 5.75 Å². The summed E-state index contributed by atoms with van der Waals surface area (Å²) in [5.74, 6) is -0.360. The Morgan fingerprint density at radius 2 is 1.73 bits per heavy atom. The summed E-state index contributed by atoms with van der Waals surface area (Å²) in [5.41, 5.74) is 3.52. The molecule has 0 aliphatic heterocycles. The predicted octanol–water partition coefficient (Wildman–Crippen LogP) is 4.69. The van der Waals surface area contributed by atoms with Gasteiger partial charge in [0.25, 0.3) is 11.8 Å². The van der Waals surface area contributed by atoms with Crippen molar-refractivity contribution in [2.75, 3.05) is 0 Å². The SMILES string of the molecule is CC(C)Oc1ccccc1C=NNC(=O)C(NC(=O)c1ccc(Cl)c(Cl)c1)C(C)C. The minimum Gasteiger partial charge on any atom is -0.490 e. The second-order valence-electron chi connectivity index (χ2n) is 7.26. The van der Waals surface area contributed by atoms with Crippen LogP contribution in [0.15, 0.2) is 47.6 Å². The van der Waals surface area contributed by atoms with Crippen molar-refractivity contribution in [1.82, 2.24) is 10.7 Å². The summed E-state index contributed by atoms with van der Waals surface area (Å²) in [6.45, 7) is 7.52. The number of nitrogens with one attached hydrogen (secondary N) is 2. The van der Waals surface area contributed by atoms with Crippen LogP contribution in [0.5, 0.6) is 5.75 Å². The Bertz CT molecular complexity index is 930. The van der Waals surface area contributed by atoms with Crippen molar-refractivity contribution < 1.29 is 14.3 Å². The van der Waals surface area contributed by atoms with Gasteiger partial charge < -0.3 is 10.1 Å². The summed E-state index contributed by atoms with van der Waals surface area (Å²) >= 11 is 11.9. The van der Waals surface area contributed by atoms with Gasteiger partial charge in [0, 0.05) is 11.1 Å². The Morgan fingerprint density at radius 3 is 2.37 bits per heavy atom. The summed E-state index contributed by atoms with van der Waals surface area (Å²) < 4.78 is 5.73. The number of nitrogens with zero attached hydrogens (tertiary/aromatic N) is 1. The van der Waals surface area contributed by atoms with Crippen molar-refractivity contribution >= 4 is 41.2 Å². The lowest BCUT2D eigenvalue weighted by atomic mass is 10.0. The number of hydrogen-bond donors (Lipinski definition) is 2. The topological polar surface area (TPSA) is 79.8 Å². The fourth-order valence-corrected chi connectivity index (χ4v) is 2.88. The fourth-order valence-electron chi connectivity index (χ4n) is 2.58. The number of halogens is 2. The number of amides is 2. The normalized spacial score (nSPS) is 12.3. The highest BCUT2D eigenvalue weighted by Crippen LogP contribution is 2.22. The highest BCUT2D eigenvalue weighted by Gasteiger charge is 2.24. The van der Waals surface area contributed by atoms with Gasteiger partial charge in [-0.25, -0.2) is 5.43 Å². The van der Waals surface area contributed by atoms with E-state index in [1.54, 1.807) is 6.07 Å². The summed E-state index contributed by atoms with van der Waals surface area (Å²) in [6.07, 6.45) is 1.52. The van der Waals surface area contributed by atoms with Gasteiger partial charge in [0.2, 0.25) is 0 Å². The Labute approximate surface area is 186 Å². The highest BCUT2D eigenvalue weighted by molar-refractivity contribution is 6.42. The van der Waals surface area contributed by atoms with Crippen LogP contribution >= 0.6 is 23.2 Å². The van der Waals surface area contributed by atoms with Gasteiger partial charge in [-0.15, -0.1) is 0 Å². The van der Waals surface area contributed by atoms with Crippen LogP contribution in [-0.4, -0.2) is 30.2 Å². The Balaban J connectivity index is 2.06. The van der Waals surface area contributed by atoms with E-state index in [0.29, 0.717) is 16.3 Å². The lowest BCUT2D eigenvalue weighted by molar-refractivity contribution is -0.123. The lowest BCUT2D eigenvalue weighted by Crippen LogP contribution is -2.48. The molecule has 0 saturated heterocycles. The Hall–Kier alpha value is -2.57. The second kappa shape index (κ2) is 11.0. The zero-order chi connectivity index (χ0) is 22.3. The molecule has 8 heteroatoms. The number of carbonyl (C=O) groups is 2. The number of hydrazone groups is 1. The van der Waals surface area contributed by atoms with E-state index in [0.717, 1.165) is 5.56 Å². The van der Waals surface area contributed by atoms with Crippen LogP contribution in [0.25, 0.3) is 0 Å². The first-order chi connectivity index (χ1) is 14.2. The third-order valence-electron chi connectivity index (χ3n) is 4.08. The molecule has 0 heterocycles. The van der Waals surface area contributed by atoms with Gasteiger partial charge in [-0.05, 0) is 50.1 Å². The molecule has 0 aromatic heterocycles. The molecule has 6 nitrogen and oxygen atoms in total. The van der Waals surface area contributed by atoms with Crippen LogP contribution in [0.1, 0.15) is 43.6 Å². The zero-order valence-electron chi connectivity index (χ0n) is 17.3. The molecule has 30 heavy (non-hydrogen) atoms. The van der Waals surface area contributed by atoms with E-state index in [9.17, 15) is 9.59 Å². The van der Waals surface area contributed by atoms with Gasteiger partial charge in [-0.1, -0.05) is 49.2 Å². The van der Waals surface area contributed by atoms with Crippen molar-refractivity contribution in [3.05, 3.63) is 63.6 Å². The van der Waals surface area contributed by atoms with Crippen LogP contribution < -0.4 is 15.5 Å². The smallest absolute Gasteiger partial charge is 0.262 e. The summed E-state index contributed by atoms with van der Waals surface area (Å²) in [5, 5.41) is 7.35. The maximum atomic E-state index is 12.6. The standard InChI is InChI=1S/C22H25Cl2N3O3/c1-13(2)20(26-21(28)15-9-10-17(23)18(24)11-15)22(29)27-25-12-16-7-5-6-8-19(16)30-14(3)4/h5-14,20H,1-4H3,(H,26,28)(H,27,29). The monoisotopic (exact) mass is 449 g/mol. The number of rotatable bonds is 8. The molecule has 0 aliphatic carbocycles. The van der Waals surface area contributed by atoms with Crippen LogP contribution in [0.4, 0.5) is 0 Å². The quantitative estimate of drug-likeness (QED) is 0.453. The number of benzene rings is 2. The molecule has 0 fully saturated rings. The van der Waals surface area contributed by atoms with E-state index in [1.165, 1.54) is 18.3 Å². The summed E-state index contributed by atoms with van der Waals surface area (Å²) in [4.78, 5) is 25.1. The number of ether oxygens (including phenoxy) is 1. The van der Waals surface area contributed by atoms with Gasteiger partial charge >= 0.3 is 0 Å². The molecule has 160 valence electrons. The predicted molar refractivity (Wildman–Crippen MR) is 120 cm³/mol. The zero-order valence-corrected chi connectivity index (χ0v) is 18.8. The molecule has 1 atom stereocenters. The van der Waals surface area contributed by atoms with Gasteiger partial charge in [0.1, 0.15) is 11.8 Å². The van der Waals surface area contributed by atoms with Crippen molar-refractivity contribution in [3.63, 3.8) is 0 Å². The Kier molecular flexibility index (Phi) is 8.69.